The lowest BCUT2D eigenvalue weighted by molar-refractivity contribution is -0.124. The van der Waals surface area contributed by atoms with Crippen molar-refractivity contribution in [1.29, 1.82) is 0 Å². The number of hydrogen-bond acceptors (Lipinski definition) is 2. The highest BCUT2D eigenvalue weighted by Crippen LogP contribution is 2.19. The van der Waals surface area contributed by atoms with Crippen LogP contribution in [0.5, 0.6) is 5.75 Å². The molecule has 4 heteroatoms. The molecule has 1 unspecified atom stereocenters. The maximum absolute atomic E-state index is 13.7. The molecule has 0 spiro atoms. The van der Waals surface area contributed by atoms with Crippen molar-refractivity contribution in [2.45, 2.75) is 13.0 Å². The van der Waals surface area contributed by atoms with Crippen LogP contribution in [0.1, 0.15) is 6.92 Å². The van der Waals surface area contributed by atoms with Crippen LogP contribution < -0.4 is 9.64 Å². The molecule has 0 N–H and O–H groups in total. The van der Waals surface area contributed by atoms with E-state index in [-0.39, 0.29) is 11.6 Å². The molecule has 1 atom stereocenters. The van der Waals surface area contributed by atoms with E-state index in [4.69, 9.17) is 4.74 Å². The summed E-state index contributed by atoms with van der Waals surface area (Å²) >= 11 is 0. The van der Waals surface area contributed by atoms with Crippen LogP contribution in [-0.4, -0.2) is 19.1 Å². The minimum absolute atomic E-state index is 0.237. The molecule has 0 radical (unpaired) electrons. The highest BCUT2D eigenvalue weighted by Gasteiger charge is 2.22. The molecule has 0 saturated carbocycles. The number of ether oxygens (including phenoxy) is 1. The Balaban J connectivity index is 2.09. The fraction of sp³-hybridized carbons (Fsp3) is 0.188. The third kappa shape index (κ3) is 3.15. The van der Waals surface area contributed by atoms with Gasteiger partial charge in [0.25, 0.3) is 5.91 Å². The molecule has 2 aromatic carbocycles. The number of carbonyl (C=O) groups is 1. The number of amides is 1. The molecule has 0 aliphatic carbocycles. The van der Waals surface area contributed by atoms with Crippen LogP contribution >= 0.6 is 0 Å². The summed E-state index contributed by atoms with van der Waals surface area (Å²) < 4.78 is 19.2. The third-order valence-corrected chi connectivity index (χ3v) is 2.95. The Labute approximate surface area is 117 Å². The second kappa shape index (κ2) is 6.19. The van der Waals surface area contributed by atoms with Crippen molar-refractivity contribution in [1.82, 2.24) is 0 Å². The Morgan fingerprint density at radius 2 is 1.70 bits per heavy atom. The largest absolute Gasteiger partial charge is 0.481 e. The van der Waals surface area contributed by atoms with Crippen molar-refractivity contribution in [3.05, 3.63) is 60.4 Å². The van der Waals surface area contributed by atoms with E-state index in [1.54, 1.807) is 37.3 Å². The van der Waals surface area contributed by atoms with Gasteiger partial charge < -0.3 is 9.64 Å². The normalized spacial score (nSPS) is 11.8. The summed E-state index contributed by atoms with van der Waals surface area (Å²) in [5, 5.41) is 0. The monoisotopic (exact) mass is 273 g/mol. The molecule has 3 nitrogen and oxygen atoms in total. The molecule has 2 rings (SSSR count). The molecule has 20 heavy (non-hydrogen) atoms. The van der Waals surface area contributed by atoms with Gasteiger partial charge >= 0.3 is 0 Å². The van der Waals surface area contributed by atoms with E-state index in [1.165, 1.54) is 18.0 Å². The Morgan fingerprint density at radius 3 is 2.35 bits per heavy atom. The van der Waals surface area contributed by atoms with Gasteiger partial charge in [0, 0.05) is 7.05 Å². The number of halogens is 1. The van der Waals surface area contributed by atoms with E-state index < -0.39 is 11.9 Å². The van der Waals surface area contributed by atoms with Crippen molar-refractivity contribution in [3.63, 3.8) is 0 Å². The van der Waals surface area contributed by atoms with Gasteiger partial charge in [0.2, 0.25) is 0 Å². The number of hydrogen-bond donors (Lipinski definition) is 0. The van der Waals surface area contributed by atoms with Crippen LogP contribution in [-0.2, 0) is 4.79 Å². The summed E-state index contributed by atoms with van der Waals surface area (Å²) in [5.74, 6) is -0.135. The van der Waals surface area contributed by atoms with Crippen LogP contribution in [0, 0.1) is 5.82 Å². The van der Waals surface area contributed by atoms with Crippen molar-refractivity contribution >= 4 is 11.6 Å². The quantitative estimate of drug-likeness (QED) is 0.855. The minimum atomic E-state index is -0.693. The lowest BCUT2D eigenvalue weighted by Crippen LogP contribution is -2.38. The Morgan fingerprint density at radius 1 is 1.10 bits per heavy atom. The lowest BCUT2D eigenvalue weighted by atomic mass is 10.2. The maximum Gasteiger partial charge on any atom is 0.267 e. The molecule has 0 aliphatic heterocycles. The van der Waals surface area contributed by atoms with Crippen LogP contribution in [0.4, 0.5) is 10.1 Å². The third-order valence-electron chi connectivity index (χ3n) is 2.95. The Kier molecular flexibility index (Phi) is 4.35. The number of nitrogens with zero attached hydrogens (tertiary/aromatic N) is 1. The van der Waals surface area contributed by atoms with Crippen LogP contribution in [0.15, 0.2) is 54.6 Å². The second-order valence-electron chi connectivity index (χ2n) is 4.42. The fourth-order valence-electron chi connectivity index (χ4n) is 1.87. The smallest absolute Gasteiger partial charge is 0.267 e. The van der Waals surface area contributed by atoms with E-state index >= 15 is 0 Å². The summed E-state index contributed by atoms with van der Waals surface area (Å²) in [6, 6.07) is 15.2. The number of anilines is 1. The Bertz CT molecular complexity index is 586. The molecule has 0 heterocycles. The van der Waals surface area contributed by atoms with E-state index in [0.29, 0.717) is 5.75 Å². The zero-order chi connectivity index (χ0) is 14.5. The van der Waals surface area contributed by atoms with Crippen molar-refractivity contribution in [2.24, 2.45) is 0 Å². The molecule has 0 fully saturated rings. The number of para-hydroxylation sites is 2. The number of rotatable bonds is 4. The first-order valence-corrected chi connectivity index (χ1v) is 6.33. The van der Waals surface area contributed by atoms with Crippen LogP contribution in [0.25, 0.3) is 0 Å². The number of carbonyl (C=O) groups excluding carboxylic acids is 1. The summed E-state index contributed by atoms with van der Waals surface area (Å²) in [7, 11) is 1.53. The average molecular weight is 273 g/mol. The van der Waals surface area contributed by atoms with Crippen molar-refractivity contribution in [3.8, 4) is 5.75 Å². The molecule has 0 saturated heterocycles. The van der Waals surface area contributed by atoms with Gasteiger partial charge in [-0.25, -0.2) is 4.39 Å². The molecule has 0 aromatic heterocycles. The standard InChI is InChI=1S/C16H16FNO2/c1-12(20-13-8-4-3-5-9-13)16(19)18(2)15-11-7-6-10-14(15)17/h3-12H,1-2H3. The van der Waals surface area contributed by atoms with Crippen LogP contribution in [0.2, 0.25) is 0 Å². The molecular formula is C16H16FNO2. The first-order chi connectivity index (χ1) is 9.59. The van der Waals surface area contributed by atoms with E-state index in [2.05, 4.69) is 0 Å². The molecular weight excluding hydrogens is 257 g/mol. The molecule has 104 valence electrons. The zero-order valence-electron chi connectivity index (χ0n) is 11.4. The highest BCUT2D eigenvalue weighted by molar-refractivity contribution is 5.96. The predicted octanol–water partition coefficient (Wildman–Crippen LogP) is 3.26. The van der Waals surface area contributed by atoms with Gasteiger partial charge in [-0.15, -0.1) is 0 Å². The summed E-state index contributed by atoms with van der Waals surface area (Å²) in [4.78, 5) is 13.5. The van der Waals surface area contributed by atoms with Gasteiger partial charge in [-0.2, -0.15) is 0 Å². The summed E-state index contributed by atoms with van der Waals surface area (Å²) in [5.41, 5.74) is 0.237. The lowest BCUT2D eigenvalue weighted by Gasteiger charge is -2.22. The Hall–Kier alpha value is -2.36. The maximum atomic E-state index is 13.7. The van der Waals surface area contributed by atoms with Gasteiger partial charge in [-0.3, -0.25) is 4.79 Å². The zero-order valence-corrected chi connectivity index (χ0v) is 11.4. The van der Waals surface area contributed by atoms with E-state index in [0.717, 1.165) is 0 Å². The van der Waals surface area contributed by atoms with Crippen molar-refractivity contribution in [2.75, 3.05) is 11.9 Å². The van der Waals surface area contributed by atoms with Crippen molar-refractivity contribution < 1.29 is 13.9 Å². The predicted molar refractivity (Wildman–Crippen MR) is 76.3 cm³/mol. The molecule has 0 aliphatic rings. The van der Waals surface area contributed by atoms with Gasteiger partial charge in [0.1, 0.15) is 11.6 Å². The summed E-state index contributed by atoms with van der Waals surface area (Å²) in [6.45, 7) is 1.65. The summed E-state index contributed by atoms with van der Waals surface area (Å²) in [6.07, 6.45) is -0.693. The topological polar surface area (TPSA) is 29.5 Å². The average Bonchev–Trinajstić information content (AvgIpc) is 2.47. The number of benzene rings is 2. The first-order valence-electron chi connectivity index (χ1n) is 6.33. The van der Waals surface area contributed by atoms with Gasteiger partial charge in [-0.05, 0) is 31.2 Å². The highest BCUT2D eigenvalue weighted by atomic mass is 19.1. The van der Waals surface area contributed by atoms with Gasteiger partial charge in [0.05, 0.1) is 5.69 Å². The van der Waals surface area contributed by atoms with E-state index in [9.17, 15) is 9.18 Å². The van der Waals surface area contributed by atoms with Gasteiger partial charge in [0.15, 0.2) is 6.10 Å². The minimum Gasteiger partial charge on any atom is -0.481 e. The van der Waals surface area contributed by atoms with E-state index in [1.807, 2.05) is 18.2 Å². The fourth-order valence-corrected chi connectivity index (χ4v) is 1.87. The first kappa shape index (κ1) is 14.1. The molecule has 2 aromatic rings. The molecule has 0 bridgehead atoms. The number of likely N-dealkylation sites (N-methyl/N-ethyl adjacent to an activating group) is 1. The molecule has 1 amide bonds. The van der Waals surface area contributed by atoms with Crippen LogP contribution in [0.3, 0.4) is 0 Å². The SMILES string of the molecule is CC(Oc1ccccc1)C(=O)N(C)c1ccccc1F. The second-order valence-corrected chi connectivity index (χ2v) is 4.42. The van der Waals surface area contributed by atoms with Gasteiger partial charge in [-0.1, -0.05) is 30.3 Å².